The van der Waals surface area contributed by atoms with Crippen LogP contribution >= 0.6 is 0 Å². The van der Waals surface area contributed by atoms with E-state index in [9.17, 15) is 13.2 Å². The topological polar surface area (TPSA) is 9.23 Å². The minimum Gasteiger partial charge on any atom is -0.493 e. The van der Waals surface area contributed by atoms with Crippen LogP contribution in [0.1, 0.15) is 76.2 Å². The molecule has 2 fully saturated rings. The van der Waals surface area contributed by atoms with Crippen LogP contribution in [0.15, 0.2) is 6.07 Å². The molecule has 2 saturated carbocycles. The zero-order valence-electron chi connectivity index (χ0n) is 15.3. The van der Waals surface area contributed by atoms with Gasteiger partial charge in [-0.25, -0.2) is 8.78 Å². The molecule has 0 aliphatic heterocycles. The summed E-state index contributed by atoms with van der Waals surface area (Å²) in [7, 11) is 1.22. The van der Waals surface area contributed by atoms with Gasteiger partial charge in [-0.3, -0.25) is 0 Å². The second-order valence-electron chi connectivity index (χ2n) is 7.90. The van der Waals surface area contributed by atoms with Gasteiger partial charge in [0.05, 0.1) is 7.11 Å². The second kappa shape index (κ2) is 8.01. The molecule has 2 aliphatic carbocycles. The van der Waals surface area contributed by atoms with Gasteiger partial charge in [0.1, 0.15) is 5.82 Å². The maximum atomic E-state index is 14.3. The van der Waals surface area contributed by atoms with Crippen LogP contribution in [-0.2, 0) is 0 Å². The van der Waals surface area contributed by atoms with E-state index in [0.717, 1.165) is 43.6 Å². The van der Waals surface area contributed by atoms with E-state index in [4.69, 9.17) is 4.74 Å². The van der Waals surface area contributed by atoms with Crippen molar-refractivity contribution in [1.82, 2.24) is 0 Å². The van der Waals surface area contributed by atoms with Crippen molar-refractivity contribution >= 4 is 0 Å². The quantitative estimate of drug-likeness (QED) is 0.553. The van der Waals surface area contributed by atoms with Crippen molar-refractivity contribution in [1.29, 1.82) is 0 Å². The van der Waals surface area contributed by atoms with Crippen molar-refractivity contribution in [2.75, 3.05) is 7.11 Å². The Kier molecular flexibility index (Phi) is 5.96. The third kappa shape index (κ3) is 3.83. The molecule has 0 atom stereocenters. The molecule has 1 aromatic carbocycles. The number of rotatable bonds is 4. The van der Waals surface area contributed by atoms with Crippen molar-refractivity contribution in [2.24, 2.45) is 17.8 Å². The summed E-state index contributed by atoms with van der Waals surface area (Å²) < 4.78 is 47.3. The minimum atomic E-state index is -1.07. The maximum absolute atomic E-state index is 14.3. The standard InChI is InChI=1S/C21H29F3O/c1-3-13-4-6-14(7-5-13)15-8-10-16(11-9-15)19-17(22)12-18(25-2)20(23)21(19)24/h12-16H,3-11H2,1-2H3. The summed E-state index contributed by atoms with van der Waals surface area (Å²) in [5.41, 5.74) is -0.0774. The molecule has 0 heterocycles. The lowest BCUT2D eigenvalue weighted by molar-refractivity contribution is 0.157. The molecule has 0 radical (unpaired) electrons. The van der Waals surface area contributed by atoms with Gasteiger partial charge in [-0.15, -0.1) is 0 Å². The Labute approximate surface area is 149 Å². The molecule has 0 saturated heterocycles. The fraction of sp³-hybridized carbons (Fsp3) is 0.714. The monoisotopic (exact) mass is 354 g/mol. The molecule has 0 amide bonds. The molecule has 25 heavy (non-hydrogen) atoms. The van der Waals surface area contributed by atoms with E-state index in [-0.39, 0.29) is 17.2 Å². The molecule has 0 N–H and O–H groups in total. The van der Waals surface area contributed by atoms with Crippen LogP contribution in [0.3, 0.4) is 0 Å². The van der Waals surface area contributed by atoms with Gasteiger partial charge in [0.15, 0.2) is 11.6 Å². The number of methoxy groups -OCH3 is 1. The molecular formula is C21H29F3O. The van der Waals surface area contributed by atoms with Gasteiger partial charge >= 0.3 is 0 Å². The Balaban J connectivity index is 1.64. The van der Waals surface area contributed by atoms with Gasteiger partial charge in [0.2, 0.25) is 5.82 Å². The average Bonchev–Trinajstić information content (AvgIpc) is 2.65. The Morgan fingerprint density at radius 3 is 1.96 bits per heavy atom. The van der Waals surface area contributed by atoms with Crippen molar-refractivity contribution < 1.29 is 17.9 Å². The Hall–Kier alpha value is -1.19. The van der Waals surface area contributed by atoms with Gasteiger partial charge in [0.25, 0.3) is 0 Å². The molecule has 0 aromatic heterocycles. The van der Waals surface area contributed by atoms with Crippen LogP contribution < -0.4 is 4.74 Å². The van der Waals surface area contributed by atoms with Crippen LogP contribution in [-0.4, -0.2) is 7.11 Å². The summed E-state index contributed by atoms with van der Waals surface area (Å²) in [6.07, 6.45) is 10.0. The Morgan fingerprint density at radius 2 is 1.44 bits per heavy atom. The summed E-state index contributed by atoms with van der Waals surface area (Å²) in [5, 5.41) is 0. The van der Waals surface area contributed by atoms with Gasteiger partial charge in [-0.1, -0.05) is 26.2 Å². The van der Waals surface area contributed by atoms with Gasteiger partial charge in [-0.05, 0) is 62.2 Å². The largest absolute Gasteiger partial charge is 0.493 e. The normalized spacial score (nSPS) is 30.3. The molecule has 0 unspecified atom stereocenters. The molecule has 1 nitrogen and oxygen atoms in total. The van der Waals surface area contributed by atoms with Crippen LogP contribution in [0.25, 0.3) is 0 Å². The number of hydrogen-bond donors (Lipinski definition) is 0. The van der Waals surface area contributed by atoms with E-state index in [2.05, 4.69) is 6.92 Å². The zero-order valence-corrected chi connectivity index (χ0v) is 15.3. The molecular weight excluding hydrogens is 325 g/mol. The predicted molar refractivity (Wildman–Crippen MR) is 93.3 cm³/mol. The lowest BCUT2D eigenvalue weighted by Gasteiger charge is -2.38. The fourth-order valence-electron chi connectivity index (χ4n) is 5.06. The van der Waals surface area contributed by atoms with Crippen LogP contribution in [0.2, 0.25) is 0 Å². The van der Waals surface area contributed by atoms with Crippen molar-refractivity contribution in [2.45, 2.75) is 70.6 Å². The van der Waals surface area contributed by atoms with Gasteiger partial charge in [-0.2, -0.15) is 4.39 Å². The average molecular weight is 354 g/mol. The summed E-state index contributed by atoms with van der Waals surface area (Å²) in [6.45, 7) is 2.27. The first-order valence-corrected chi connectivity index (χ1v) is 9.76. The first-order valence-electron chi connectivity index (χ1n) is 9.76. The van der Waals surface area contributed by atoms with Crippen molar-refractivity contribution in [3.63, 3.8) is 0 Å². The fourth-order valence-corrected chi connectivity index (χ4v) is 5.06. The first-order chi connectivity index (χ1) is 12.0. The maximum Gasteiger partial charge on any atom is 0.201 e. The highest BCUT2D eigenvalue weighted by Crippen LogP contribution is 2.45. The minimum absolute atomic E-state index is 0.0774. The molecule has 3 rings (SSSR count). The van der Waals surface area contributed by atoms with Crippen molar-refractivity contribution in [3.8, 4) is 5.75 Å². The first kappa shape index (κ1) is 18.6. The zero-order chi connectivity index (χ0) is 18.0. The Morgan fingerprint density at radius 1 is 0.880 bits per heavy atom. The van der Waals surface area contributed by atoms with E-state index in [1.807, 2.05) is 0 Å². The van der Waals surface area contributed by atoms with Crippen LogP contribution in [0.4, 0.5) is 13.2 Å². The lowest BCUT2D eigenvalue weighted by Crippen LogP contribution is -2.25. The highest BCUT2D eigenvalue weighted by atomic mass is 19.2. The smallest absolute Gasteiger partial charge is 0.201 e. The summed E-state index contributed by atoms with van der Waals surface area (Å²) >= 11 is 0. The molecule has 140 valence electrons. The third-order valence-corrected chi connectivity index (χ3v) is 6.70. The summed E-state index contributed by atoms with van der Waals surface area (Å²) in [5.74, 6) is -1.07. The summed E-state index contributed by atoms with van der Waals surface area (Å²) in [4.78, 5) is 0. The highest BCUT2D eigenvalue weighted by Gasteiger charge is 2.33. The van der Waals surface area contributed by atoms with E-state index in [0.29, 0.717) is 5.92 Å². The molecule has 4 heteroatoms. The molecule has 1 aromatic rings. The van der Waals surface area contributed by atoms with E-state index in [1.54, 1.807) is 0 Å². The van der Waals surface area contributed by atoms with E-state index in [1.165, 1.54) is 39.2 Å². The number of halogens is 3. The van der Waals surface area contributed by atoms with E-state index >= 15 is 0 Å². The number of hydrogen-bond acceptors (Lipinski definition) is 1. The lowest BCUT2D eigenvalue weighted by atomic mass is 9.68. The van der Waals surface area contributed by atoms with Gasteiger partial charge < -0.3 is 4.74 Å². The SMILES string of the molecule is CCC1CCC(C2CCC(c3c(F)cc(OC)c(F)c3F)CC2)CC1. The van der Waals surface area contributed by atoms with Crippen LogP contribution in [0, 0.1) is 35.2 Å². The molecule has 0 spiro atoms. The third-order valence-electron chi connectivity index (χ3n) is 6.70. The number of ether oxygens (including phenoxy) is 1. The Bertz CT molecular complexity index is 585. The van der Waals surface area contributed by atoms with Gasteiger partial charge in [0, 0.05) is 11.6 Å². The number of benzene rings is 1. The molecule has 0 bridgehead atoms. The highest BCUT2D eigenvalue weighted by molar-refractivity contribution is 5.34. The van der Waals surface area contributed by atoms with Crippen molar-refractivity contribution in [3.05, 3.63) is 29.1 Å². The second-order valence-corrected chi connectivity index (χ2v) is 7.90. The predicted octanol–water partition coefficient (Wildman–Crippen LogP) is 6.60. The van der Waals surface area contributed by atoms with Crippen LogP contribution in [0.5, 0.6) is 5.75 Å². The van der Waals surface area contributed by atoms with E-state index < -0.39 is 17.5 Å². The summed E-state index contributed by atoms with van der Waals surface area (Å²) in [6, 6.07) is 0.978. The molecule has 2 aliphatic rings.